The van der Waals surface area contributed by atoms with E-state index in [1.807, 2.05) is 7.05 Å². The van der Waals surface area contributed by atoms with E-state index in [2.05, 4.69) is 53.6 Å². The number of aryl methyl sites for hydroxylation is 1. The third-order valence-electron chi connectivity index (χ3n) is 3.70. The molecule has 0 bridgehead atoms. The molecule has 2 heteroatoms. The second-order valence-electron chi connectivity index (χ2n) is 4.80. The van der Waals surface area contributed by atoms with E-state index in [9.17, 15) is 0 Å². The molecule has 3 rings (SSSR count). The number of aromatic amines is 1. The van der Waals surface area contributed by atoms with Crippen molar-refractivity contribution >= 4 is 21.8 Å². The van der Waals surface area contributed by atoms with Crippen LogP contribution in [0.5, 0.6) is 0 Å². The van der Waals surface area contributed by atoms with Crippen LogP contribution in [0, 0.1) is 6.92 Å². The van der Waals surface area contributed by atoms with Gasteiger partial charge in [0.2, 0.25) is 0 Å². The topological polar surface area (TPSA) is 27.8 Å². The maximum Gasteiger partial charge on any atom is 0.0497 e. The molecule has 1 heterocycles. The molecule has 0 atom stereocenters. The third kappa shape index (κ3) is 1.70. The summed E-state index contributed by atoms with van der Waals surface area (Å²) in [5, 5.41) is 5.85. The summed E-state index contributed by atoms with van der Waals surface area (Å²) in [6.07, 6.45) is 1.08. The van der Waals surface area contributed by atoms with Crippen LogP contribution in [0.1, 0.15) is 11.1 Å². The van der Waals surface area contributed by atoms with Crippen LogP contribution >= 0.6 is 0 Å². The molecule has 18 heavy (non-hydrogen) atoms. The number of fused-ring (bicyclic) bond motifs is 3. The highest BCUT2D eigenvalue weighted by Crippen LogP contribution is 2.29. The Kier molecular flexibility index (Phi) is 2.80. The maximum absolute atomic E-state index is 3.54. The van der Waals surface area contributed by atoms with Crippen molar-refractivity contribution < 1.29 is 0 Å². The molecule has 92 valence electrons. The summed E-state index contributed by atoms with van der Waals surface area (Å²) < 4.78 is 0. The molecule has 1 aromatic heterocycles. The van der Waals surface area contributed by atoms with Crippen LogP contribution < -0.4 is 5.32 Å². The van der Waals surface area contributed by atoms with Crippen molar-refractivity contribution in [2.24, 2.45) is 0 Å². The van der Waals surface area contributed by atoms with Gasteiger partial charge in [-0.2, -0.15) is 0 Å². The Bertz CT molecular complexity index is 695. The zero-order valence-corrected chi connectivity index (χ0v) is 10.9. The summed E-state index contributed by atoms with van der Waals surface area (Å²) in [6.45, 7) is 3.23. The number of H-pyrrole nitrogens is 1. The van der Waals surface area contributed by atoms with Crippen molar-refractivity contribution in [3.8, 4) is 0 Å². The lowest BCUT2D eigenvalue weighted by atomic mass is 10.0. The van der Waals surface area contributed by atoms with Gasteiger partial charge in [0.05, 0.1) is 0 Å². The van der Waals surface area contributed by atoms with E-state index in [0.29, 0.717) is 0 Å². The van der Waals surface area contributed by atoms with E-state index in [1.54, 1.807) is 0 Å². The van der Waals surface area contributed by atoms with Gasteiger partial charge in [0.1, 0.15) is 0 Å². The Morgan fingerprint density at radius 2 is 1.89 bits per heavy atom. The van der Waals surface area contributed by atoms with Gasteiger partial charge in [-0.15, -0.1) is 0 Å². The van der Waals surface area contributed by atoms with Crippen LogP contribution in [0.4, 0.5) is 0 Å². The van der Waals surface area contributed by atoms with Crippen LogP contribution in [-0.4, -0.2) is 18.6 Å². The Balaban J connectivity index is 2.22. The molecule has 0 aliphatic carbocycles. The van der Waals surface area contributed by atoms with E-state index in [1.165, 1.54) is 32.9 Å². The average Bonchev–Trinajstić information content (AvgIpc) is 2.78. The second kappa shape index (κ2) is 4.46. The van der Waals surface area contributed by atoms with Crippen LogP contribution in [0.2, 0.25) is 0 Å². The molecule has 2 nitrogen and oxygen atoms in total. The van der Waals surface area contributed by atoms with Crippen LogP contribution in [0.25, 0.3) is 21.8 Å². The molecule has 0 spiro atoms. The average molecular weight is 238 g/mol. The summed E-state index contributed by atoms with van der Waals surface area (Å²) in [4.78, 5) is 3.54. The summed E-state index contributed by atoms with van der Waals surface area (Å²) in [5.74, 6) is 0. The minimum atomic E-state index is 1.02. The van der Waals surface area contributed by atoms with Crippen molar-refractivity contribution in [2.45, 2.75) is 13.3 Å². The first-order chi connectivity index (χ1) is 8.81. The first-order valence-corrected chi connectivity index (χ1v) is 6.45. The highest BCUT2D eigenvalue weighted by atomic mass is 14.8. The van der Waals surface area contributed by atoms with Crippen LogP contribution in [0.15, 0.2) is 36.4 Å². The number of aromatic nitrogens is 1. The van der Waals surface area contributed by atoms with Gasteiger partial charge in [-0.05, 0) is 44.1 Å². The highest BCUT2D eigenvalue weighted by Gasteiger charge is 2.08. The Morgan fingerprint density at radius 1 is 1.06 bits per heavy atom. The summed E-state index contributed by atoms with van der Waals surface area (Å²) in [6, 6.07) is 13.0. The van der Waals surface area contributed by atoms with Crippen molar-refractivity contribution in [1.29, 1.82) is 0 Å². The van der Waals surface area contributed by atoms with Gasteiger partial charge in [0.25, 0.3) is 0 Å². The van der Waals surface area contributed by atoms with Gasteiger partial charge in [-0.3, -0.25) is 0 Å². The van der Waals surface area contributed by atoms with E-state index < -0.39 is 0 Å². The molecule has 0 unspecified atom stereocenters. The Labute approximate surface area is 107 Å². The number of benzene rings is 2. The lowest BCUT2D eigenvalue weighted by Crippen LogP contribution is -2.11. The van der Waals surface area contributed by atoms with Crippen molar-refractivity contribution in [3.63, 3.8) is 0 Å². The molecular weight excluding hydrogens is 220 g/mol. The van der Waals surface area contributed by atoms with E-state index in [-0.39, 0.29) is 0 Å². The molecule has 0 fully saturated rings. The Morgan fingerprint density at radius 3 is 2.72 bits per heavy atom. The first kappa shape index (κ1) is 11.3. The minimum Gasteiger partial charge on any atom is -0.354 e. The molecule has 0 saturated carbocycles. The molecule has 0 aliphatic rings. The molecule has 0 amide bonds. The maximum atomic E-state index is 3.54. The zero-order chi connectivity index (χ0) is 12.5. The van der Waals surface area contributed by atoms with E-state index in [4.69, 9.17) is 0 Å². The molecule has 0 aliphatic heterocycles. The predicted octanol–water partition coefficient (Wildman–Crippen LogP) is 3.39. The fourth-order valence-corrected chi connectivity index (χ4v) is 2.63. The molecular formula is C16H18N2. The second-order valence-corrected chi connectivity index (χ2v) is 4.80. The monoisotopic (exact) mass is 238 g/mol. The van der Waals surface area contributed by atoms with E-state index >= 15 is 0 Å². The van der Waals surface area contributed by atoms with Gasteiger partial charge in [-0.1, -0.05) is 30.3 Å². The number of nitrogens with one attached hydrogen (secondary N) is 2. The quantitative estimate of drug-likeness (QED) is 0.719. The van der Waals surface area contributed by atoms with Crippen LogP contribution in [0.3, 0.4) is 0 Å². The number of likely N-dealkylation sites (N-methyl/N-ethyl adjacent to an activating group) is 1. The minimum absolute atomic E-state index is 1.02. The highest BCUT2D eigenvalue weighted by molar-refractivity contribution is 6.08. The van der Waals surface area contributed by atoms with Crippen molar-refractivity contribution in [1.82, 2.24) is 10.3 Å². The lowest BCUT2D eigenvalue weighted by Gasteiger charge is -2.06. The summed E-state index contributed by atoms with van der Waals surface area (Å²) in [5.41, 5.74) is 5.30. The van der Waals surface area contributed by atoms with Gasteiger partial charge < -0.3 is 10.3 Å². The van der Waals surface area contributed by atoms with Crippen LogP contribution in [-0.2, 0) is 6.42 Å². The smallest absolute Gasteiger partial charge is 0.0497 e. The number of hydrogen-bond donors (Lipinski definition) is 2. The number of hydrogen-bond acceptors (Lipinski definition) is 1. The Hall–Kier alpha value is -1.80. The third-order valence-corrected chi connectivity index (χ3v) is 3.70. The largest absolute Gasteiger partial charge is 0.354 e. The number of rotatable bonds is 3. The summed E-state index contributed by atoms with van der Waals surface area (Å²) in [7, 11) is 2.00. The first-order valence-electron chi connectivity index (χ1n) is 6.45. The summed E-state index contributed by atoms with van der Waals surface area (Å²) >= 11 is 0. The van der Waals surface area contributed by atoms with E-state index in [0.717, 1.165) is 13.0 Å². The van der Waals surface area contributed by atoms with Crippen molar-refractivity contribution in [3.05, 3.63) is 47.5 Å². The van der Waals surface area contributed by atoms with Gasteiger partial charge in [0.15, 0.2) is 0 Å². The predicted molar refractivity (Wildman–Crippen MR) is 78.2 cm³/mol. The normalized spacial score (nSPS) is 11.4. The SMILES string of the molecule is CNCCc1ccc2c([nH]c3ccccc32)c1C. The fourth-order valence-electron chi connectivity index (χ4n) is 2.63. The fraction of sp³-hybridized carbons (Fsp3) is 0.250. The zero-order valence-electron chi connectivity index (χ0n) is 10.9. The van der Waals surface area contributed by atoms with Crippen molar-refractivity contribution in [2.75, 3.05) is 13.6 Å². The molecule has 2 N–H and O–H groups in total. The molecule has 0 saturated heterocycles. The lowest BCUT2D eigenvalue weighted by molar-refractivity contribution is 0.789. The van der Waals surface area contributed by atoms with Gasteiger partial charge in [-0.25, -0.2) is 0 Å². The number of para-hydroxylation sites is 1. The standard InChI is InChI=1S/C16H18N2/c1-11-12(9-10-17-2)7-8-14-13-5-3-4-6-15(13)18-16(11)14/h3-8,17-18H,9-10H2,1-2H3. The van der Waals surface area contributed by atoms with Gasteiger partial charge >= 0.3 is 0 Å². The molecule has 0 radical (unpaired) electrons. The molecule has 3 aromatic rings. The van der Waals surface area contributed by atoms with Gasteiger partial charge in [0, 0.05) is 21.8 Å². The molecule has 2 aromatic carbocycles.